The summed E-state index contributed by atoms with van der Waals surface area (Å²) in [6, 6.07) is 4.78. The van der Waals surface area contributed by atoms with Gasteiger partial charge in [0.05, 0.1) is 24.5 Å². The summed E-state index contributed by atoms with van der Waals surface area (Å²) in [4.78, 5) is 28.7. The van der Waals surface area contributed by atoms with Gasteiger partial charge < -0.3 is 19.9 Å². The summed E-state index contributed by atoms with van der Waals surface area (Å²) in [6.45, 7) is 6.62. The topological polar surface area (TPSA) is 90.9 Å². The lowest BCUT2D eigenvalue weighted by molar-refractivity contribution is -0.119. The average Bonchev–Trinajstić information content (AvgIpc) is 3.32. The summed E-state index contributed by atoms with van der Waals surface area (Å²) in [5.74, 6) is -0.577. The molecule has 30 heavy (non-hydrogen) atoms. The van der Waals surface area contributed by atoms with Crippen molar-refractivity contribution in [1.82, 2.24) is 15.5 Å². The van der Waals surface area contributed by atoms with Crippen LogP contribution in [0.2, 0.25) is 0 Å². The van der Waals surface area contributed by atoms with E-state index in [-0.39, 0.29) is 24.8 Å². The first-order chi connectivity index (χ1) is 14.4. The molecule has 2 fully saturated rings. The molecule has 0 aliphatic carbocycles. The lowest BCUT2D eigenvalue weighted by atomic mass is 10.2. The smallest absolute Gasteiger partial charge is 0.414 e. The number of anilines is 3. The zero-order chi connectivity index (χ0) is 21.3. The quantitative estimate of drug-likeness (QED) is 0.767. The highest BCUT2D eigenvalue weighted by atomic mass is 32.1. The molecule has 2 amide bonds. The molecular formula is C19H23FN6O3S. The van der Waals surface area contributed by atoms with Gasteiger partial charge in [-0.1, -0.05) is 11.3 Å². The first-order valence-corrected chi connectivity index (χ1v) is 10.5. The number of hydrogen-bond acceptors (Lipinski definition) is 8. The van der Waals surface area contributed by atoms with Crippen LogP contribution in [0, 0.1) is 12.7 Å². The summed E-state index contributed by atoms with van der Waals surface area (Å²) < 4.78 is 20.1. The molecule has 0 radical (unpaired) electrons. The number of halogens is 1. The Bertz CT molecular complexity index is 946. The van der Waals surface area contributed by atoms with Crippen LogP contribution in [0.5, 0.6) is 0 Å². The van der Waals surface area contributed by atoms with Crippen molar-refractivity contribution in [3.05, 3.63) is 29.0 Å². The summed E-state index contributed by atoms with van der Waals surface area (Å²) in [6.07, 6.45) is -1.00. The molecule has 2 saturated heterocycles. The average molecular weight is 434 g/mol. The normalized spacial score (nSPS) is 19.2. The fourth-order valence-corrected chi connectivity index (χ4v) is 4.31. The van der Waals surface area contributed by atoms with Crippen molar-refractivity contribution in [2.45, 2.75) is 20.0 Å². The molecule has 1 aromatic heterocycles. The van der Waals surface area contributed by atoms with Crippen LogP contribution in [0.4, 0.5) is 25.7 Å². The molecule has 160 valence electrons. The highest BCUT2D eigenvalue weighted by molar-refractivity contribution is 7.15. The number of cyclic esters (lactones) is 1. The highest BCUT2D eigenvalue weighted by Crippen LogP contribution is 2.29. The van der Waals surface area contributed by atoms with Crippen LogP contribution < -0.4 is 20.0 Å². The van der Waals surface area contributed by atoms with Crippen molar-refractivity contribution in [2.75, 3.05) is 54.0 Å². The first kappa shape index (κ1) is 20.3. The molecule has 2 aliphatic rings. The zero-order valence-corrected chi connectivity index (χ0v) is 17.6. The second-order valence-corrected chi connectivity index (χ2v) is 8.43. The number of aryl methyl sites for hydroxylation is 1. The largest absolute Gasteiger partial charge is 0.442 e. The van der Waals surface area contributed by atoms with Crippen molar-refractivity contribution in [3.8, 4) is 0 Å². The minimum Gasteiger partial charge on any atom is -0.442 e. The number of carbonyl (C=O) groups is 2. The SMILES string of the molecule is CC(=O)NC[C@H]1CN(c2ccc(N3CCN(c4nnc(C)s4)CC3)c(F)c2)C(=O)O1. The third-order valence-corrected chi connectivity index (χ3v) is 6.00. The molecule has 0 unspecified atom stereocenters. The van der Waals surface area contributed by atoms with E-state index in [2.05, 4.69) is 20.4 Å². The monoisotopic (exact) mass is 434 g/mol. The van der Waals surface area contributed by atoms with Crippen molar-refractivity contribution in [1.29, 1.82) is 0 Å². The molecular weight excluding hydrogens is 411 g/mol. The number of amides is 2. The van der Waals surface area contributed by atoms with Gasteiger partial charge in [-0.2, -0.15) is 0 Å². The highest BCUT2D eigenvalue weighted by Gasteiger charge is 2.33. The first-order valence-electron chi connectivity index (χ1n) is 9.73. The molecule has 1 aromatic carbocycles. The predicted octanol–water partition coefficient (Wildman–Crippen LogP) is 1.77. The van der Waals surface area contributed by atoms with Crippen LogP contribution in [0.15, 0.2) is 18.2 Å². The van der Waals surface area contributed by atoms with Gasteiger partial charge in [-0.3, -0.25) is 9.69 Å². The van der Waals surface area contributed by atoms with Crippen LogP contribution in [0.1, 0.15) is 11.9 Å². The maximum absolute atomic E-state index is 14.9. The number of carbonyl (C=O) groups excluding carboxylic acids is 2. The van der Waals surface area contributed by atoms with Crippen molar-refractivity contribution in [3.63, 3.8) is 0 Å². The van der Waals surface area contributed by atoms with Crippen LogP contribution in [0.25, 0.3) is 0 Å². The fourth-order valence-electron chi connectivity index (χ4n) is 3.57. The Balaban J connectivity index is 1.39. The molecule has 0 spiro atoms. The van der Waals surface area contributed by atoms with Crippen LogP contribution >= 0.6 is 11.3 Å². The van der Waals surface area contributed by atoms with E-state index in [9.17, 15) is 14.0 Å². The van der Waals surface area contributed by atoms with E-state index >= 15 is 0 Å². The zero-order valence-electron chi connectivity index (χ0n) is 16.8. The van der Waals surface area contributed by atoms with Crippen LogP contribution in [0.3, 0.4) is 0 Å². The number of ether oxygens (including phenoxy) is 1. The van der Waals surface area contributed by atoms with E-state index in [1.807, 2.05) is 11.8 Å². The van der Waals surface area contributed by atoms with Gasteiger partial charge in [0.15, 0.2) is 0 Å². The number of hydrogen-bond donors (Lipinski definition) is 1. The molecule has 0 bridgehead atoms. The summed E-state index contributed by atoms with van der Waals surface area (Å²) in [5, 5.41) is 12.7. The van der Waals surface area contributed by atoms with E-state index in [1.54, 1.807) is 23.5 Å². The van der Waals surface area contributed by atoms with E-state index in [4.69, 9.17) is 4.74 Å². The molecule has 1 N–H and O–H groups in total. The van der Waals surface area contributed by atoms with Gasteiger partial charge in [0.25, 0.3) is 0 Å². The molecule has 2 aliphatic heterocycles. The Kier molecular flexibility index (Phi) is 5.71. The van der Waals surface area contributed by atoms with Gasteiger partial charge in [0, 0.05) is 33.1 Å². The van der Waals surface area contributed by atoms with E-state index in [0.717, 1.165) is 23.2 Å². The van der Waals surface area contributed by atoms with E-state index in [0.29, 0.717) is 24.5 Å². The van der Waals surface area contributed by atoms with E-state index < -0.39 is 12.2 Å². The number of benzene rings is 1. The number of rotatable bonds is 5. The fraction of sp³-hybridized carbons (Fsp3) is 0.474. The second-order valence-electron chi connectivity index (χ2n) is 7.27. The van der Waals surface area contributed by atoms with Gasteiger partial charge in [0.2, 0.25) is 11.0 Å². The Hall–Kier alpha value is -2.95. The van der Waals surface area contributed by atoms with Gasteiger partial charge in [-0.05, 0) is 25.1 Å². The lowest BCUT2D eigenvalue weighted by Crippen LogP contribution is -2.46. The second kappa shape index (κ2) is 8.42. The third-order valence-electron chi connectivity index (χ3n) is 5.10. The van der Waals surface area contributed by atoms with Gasteiger partial charge >= 0.3 is 6.09 Å². The van der Waals surface area contributed by atoms with Crippen molar-refractivity contribution in [2.24, 2.45) is 0 Å². The Morgan fingerprint density at radius 3 is 2.63 bits per heavy atom. The van der Waals surface area contributed by atoms with Crippen molar-refractivity contribution >= 4 is 39.8 Å². The molecule has 4 rings (SSSR count). The molecule has 0 saturated carbocycles. The Labute approximate surface area is 177 Å². The van der Waals surface area contributed by atoms with Crippen molar-refractivity contribution < 1.29 is 18.7 Å². The lowest BCUT2D eigenvalue weighted by Gasteiger charge is -2.36. The molecule has 2 aromatic rings. The number of aromatic nitrogens is 2. The number of nitrogens with one attached hydrogen (secondary N) is 1. The number of nitrogens with zero attached hydrogens (tertiary/aromatic N) is 5. The molecule has 9 nitrogen and oxygen atoms in total. The standard InChI is InChI=1S/C19H23FN6O3S/c1-12(27)21-10-15-11-26(19(28)29-15)14-3-4-17(16(20)9-14)24-5-7-25(8-6-24)18-23-22-13(2)30-18/h3-4,9,15H,5-8,10-11H2,1-2H3,(H,21,27)/t15-/m0/s1. The van der Waals surface area contributed by atoms with Gasteiger partial charge in [-0.25, -0.2) is 9.18 Å². The number of piperazine rings is 1. The van der Waals surface area contributed by atoms with E-state index in [1.165, 1.54) is 17.9 Å². The van der Waals surface area contributed by atoms with Crippen LogP contribution in [-0.4, -0.2) is 67.6 Å². The predicted molar refractivity (Wildman–Crippen MR) is 112 cm³/mol. The summed E-state index contributed by atoms with van der Waals surface area (Å²) in [7, 11) is 0. The summed E-state index contributed by atoms with van der Waals surface area (Å²) >= 11 is 1.55. The molecule has 3 heterocycles. The Morgan fingerprint density at radius 2 is 2.00 bits per heavy atom. The maximum atomic E-state index is 14.9. The maximum Gasteiger partial charge on any atom is 0.414 e. The minimum absolute atomic E-state index is 0.193. The third kappa shape index (κ3) is 4.30. The minimum atomic E-state index is -0.543. The molecule has 11 heteroatoms. The van der Waals surface area contributed by atoms with Gasteiger partial charge in [-0.15, -0.1) is 10.2 Å². The summed E-state index contributed by atoms with van der Waals surface area (Å²) in [5.41, 5.74) is 0.948. The molecule has 1 atom stereocenters. The van der Waals surface area contributed by atoms with Gasteiger partial charge in [0.1, 0.15) is 16.9 Å². The van der Waals surface area contributed by atoms with Crippen LogP contribution in [-0.2, 0) is 9.53 Å². The Morgan fingerprint density at radius 1 is 1.27 bits per heavy atom.